The summed E-state index contributed by atoms with van der Waals surface area (Å²) in [5.41, 5.74) is 6.54. The number of benzene rings is 1. The molecule has 0 amide bonds. The van der Waals surface area contributed by atoms with Gasteiger partial charge in [0.1, 0.15) is 17.5 Å². The fraction of sp³-hybridized carbons (Fsp3) is 0. The van der Waals surface area contributed by atoms with Crippen LogP contribution in [0.1, 0.15) is 0 Å². The van der Waals surface area contributed by atoms with Crippen molar-refractivity contribution in [1.82, 2.24) is 4.98 Å². The highest BCUT2D eigenvalue weighted by atomic mass is 79.9. The molecule has 2 nitrogen and oxygen atoms in total. The first-order valence-corrected chi connectivity index (χ1v) is 5.23. The molecule has 82 valence electrons. The van der Waals surface area contributed by atoms with Crippen LogP contribution >= 0.6 is 15.9 Å². The van der Waals surface area contributed by atoms with Gasteiger partial charge in [0.05, 0.1) is 4.47 Å². The number of anilines is 1. The van der Waals surface area contributed by atoms with Gasteiger partial charge in [-0.3, -0.25) is 0 Å². The van der Waals surface area contributed by atoms with E-state index >= 15 is 0 Å². The Kier molecular flexibility index (Phi) is 2.87. The quantitative estimate of drug-likeness (QED) is 0.872. The van der Waals surface area contributed by atoms with Gasteiger partial charge in [-0.05, 0) is 39.7 Å². The molecular formula is C11H7BrF2N2. The fourth-order valence-corrected chi connectivity index (χ4v) is 1.68. The normalized spacial score (nSPS) is 10.4. The van der Waals surface area contributed by atoms with Crippen molar-refractivity contribution in [1.29, 1.82) is 0 Å². The van der Waals surface area contributed by atoms with Crippen LogP contribution in [0.5, 0.6) is 0 Å². The first-order valence-electron chi connectivity index (χ1n) is 4.44. The van der Waals surface area contributed by atoms with Crippen LogP contribution in [0.15, 0.2) is 34.9 Å². The molecule has 0 saturated carbocycles. The second kappa shape index (κ2) is 4.17. The van der Waals surface area contributed by atoms with E-state index in [9.17, 15) is 8.78 Å². The van der Waals surface area contributed by atoms with Crippen LogP contribution in [0.3, 0.4) is 0 Å². The Bertz CT molecular complexity index is 523. The number of rotatable bonds is 1. The van der Waals surface area contributed by atoms with Crippen LogP contribution in [0.4, 0.5) is 14.6 Å². The van der Waals surface area contributed by atoms with Gasteiger partial charge in [-0.15, -0.1) is 0 Å². The summed E-state index contributed by atoms with van der Waals surface area (Å²) >= 11 is 3.21. The van der Waals surface area contributed by atoms with Gasteiger partial charge in [0.15, 0.2) is 0 Å². The van der Waals surface area contributed by atoms with E-state index in [4.69, 9.17) is 5.73 Å². The molecule has 2 aromatic rings. The fourth-order valence-electron chi connectivity index (χ4n) is 1.33. The van der Waals surface area contributed by atoms with Crippen molar-refractivity contribution in [3.63, 3.8) is 0 Å². The molecule has 2 N–H and O–H groups in total. The van der Waals surface area contributed by atoms with Crippen LogP contribution < -0.4 is 5.73 Å². The first-order chi connectivity index (χ1) is 7.56. The van der Waals surface area contributed by atoms with Crippen molar-refractivity contribution in [2.45, 2.75) is 0 Å². The Morgan fingerprint density at radius 3 is 2.19 bits per heavy atom. The molecule has 16 heavy (non-hydrogen) atoms. The number of halogens is 3. The molecule has 0 fully saturated rings. The van der Waals surface area contributed by atoms with E-state index in [1.54, 1.807) is 6.07 Å². The lowest BCUT2D eigenvalue weighted by Gasteiger charge is -2.04. The van der Waals surface area contributed by atoms with E-state index in [0.717, 1.165) is 6.07 Å². The van der Waals surface area contributed by atoms with E-state index in [1.807, 2.05) is 0 Å². The number of hydrogen-bond donors (Lipinski definition) is 1. The van der Waals surface area contributed by atoms with Crippen molar-refractivity contribution >= 4 is 21.7 Å². The summed E-state index contributed by atoms with van der Waals surface area (Å²) < 4.78 is 26.6. The minimum absolute atomic E-state index is 0.334. The predicted octanol–water partition coefficient (Wildman–Crippen LogP) is 3.37. The number of hydrogen-bond acceptors (Lipinski definition) is 2. The zero-order chi connectivity index (χ0) is 11.7. The average molecular weight is 285 g/mol. The highest BCUT2D eigenvalue weighted by molar-refractivity contribution is 9.10. The smallest absolute Gasteiger partial charge is 0.137 e. The molecule has 1 aromatic carbocycles. The van der Waals surface area contributed by atoms with Gasteiger partial charge in [-0.1, -0.05) is 0 Å². The van der Waals surface area contributed by atoms with Crippen molar-refractivity contribution in [3.05, 3.63) is 46.6 Å². The summed E-state index contributed by atoms with van der Waals surface area (Å²) in [7, 11) is 0. The van der Waals surface area contributed by atoms with Gasteiger partial charge < -0.3 is 5.73 Å². The third kappa shape index (κ3) is 2.19. The molecule has 0 saturated heterocycles. The molecule has 0 atom stereocenters. The summed E-state index contributed by atoms with van der Waals surface area (Å²) in [5, 5.41) is 0. The van der Waals surface area contributed by atoms with E-state index in [0.29, 0.717) is 21.4 Å². The molecule has 0 unspecified atom stereocenters. The van der Waals surface area contributed by atoms with Crippen LogP contribution in [0, 0.1) is 11.6 Å². The summed E-state index contributed by atoms with van der Waals surface area (Å²) in [6.07, 6.45) is 1.47. The molecule has 0 aliphatic carbocycles. The number of pyridine rings is 1. The Morgan fingerprint density at radius 1 is 1.00 bits per heavy atom. The molecule has 2 rings (SSSR count). The van der Waals surface area contributed by atoms with Gasteiger partial charge in [-0.25, -0.2) is 13.8 Å². The molecule has 0 aliphatic heterocycles. The monoisotopic (exact) mass is 284 g/mol. The maximum absolute atomic E-state index is 13.0. The minimum Gasteiger partial charge on any atom is -0.383 e. The second-order valence-electron chi connectivity index (χ2n) is 3.25. The minimum atomic E-state index is -0.622. The van der Waals surface area contributed by atoms with Crippen LogP contribution in [-0.2, 0) is 0 Å². The maximum atomic E-state index is 13.0. The Balaban J connectivity index is 2.54. The number of aromatic nitrogens is 1. The zero-order valence-electron chi connectivity index (χ0n) is 8.05. The molecule has 0 aliphatic rings. The predicted molar refractivity (Wildman–Crippen MR) is 61.7 cm³/mol. The Hall–Kier alpha value is -1.49. The third-order valence-electron chi connectivity index (χ3n) is 2.07. The largest absolute Gasteiger partial charge is 0.383 e. The van der Waals surface area contributed by atoms with E-state index in [1.165, 1.54) is 18.3 Å². The molecule has 5 heteroatoms. The van der Waals surface area contributed by atoms with Crippen LogP contribution in [-0.4, -0.2) is 4.98 Å². The first kappa shape index (κ1) is 11.0. The molecule has 0 spiro atoms. The topological polar surface area (TPSA) is 38.9 Å². The summed E-state index contributed by atoms with van der Waals surface area (Å²) in [5.74, 6) is -0.911. The summed E-state index contributed by atoms with van der Waals surface area (Å²) in [6, 6.07) is 4.96. The molecular weight excluding hydrogens is 278 g/mol. The van der Waals surface area contributed by atoms with Crippen molar-refractivity contribution < 1.29 is 8.78 Å². The van der Waals surface area contributed by atoms with Crippen molar-refractivity contribution in [2.24, 2.45) is 0 Å². The summed E-state index contributed by atoms with van der Waals surface area (Å²) in [6.45, 7) is 0. The lowest BCUT2D eigenvalue weighted by molar-refractivity contribution is 0.584. The third-order valence-corrected chi connectivity index (χ3v) is 2.70. The maximum Gasteiger partial charge on any atom is 0.137 e. The molecule has 0 radical (unpaired) electrons. The lowest BCUT2D eigenvalue weighted by Crippen LogP contribution is -1.92. The van der Waals surface area contributed by atoms with Crippen molar-refractivity contribution in [2.75, 3.05) is 5.73 Å². The number of nitrogens with zero attached hydrogens (tertiary/aromatic N) is 1. The van der Waals surface area contributed by atoms with Crippen LogP contribution in [0.25, 0.3) is 11.1 Å². The van der Waals surface area contributed by atoms with Gasteiger partial charge >= 0.3 is 0 Å². The SMILES string of the molecule is Nc1ncc(-c2cc(F)cc(F)c2)cc1Br. The summed E-state index contributed by atoms with van der Waals surface area (Å²) in [4.78, 5) is 3.90. The van der Waals surface area contributed by atoms with E-state index in [-0.39, 0.29) is 0 Å². The van der Waals surface area contributed by atoms with Gasteiger partial charge in [0.25, 0.3) is 0 Å². The van der Waals surface area contributed by atoms with E-state index in [2.05, 4.69) is 20.9 Å². The van der Waals surface area contributed by atoms with Crippen LogP contribution in [0.2, 0.25) is 0 Å². The van der Waals surface area contributed by atoms with Gasteiger partial charge in [-0.2, -0.15) is 0 Å². The van der Waals surface area contributed by atoms with Crippen molar-refractivity contribution in [3.8, 4) is 11.1 Å². The number of nitrogens with two attached hydrogens (primary N) is 1. The van der Waals surface area contributed by atoms with Gasteiger partial charge in [0, 0.05) is 17.8 Å². The zero-order valence-corrected chi connectivity index (χ0v) is 9.63. The lowest BCUT2D eigenvalue weighted by atomic mass is 10.1. The Morgan fingerprint density at radius 2 is 1.62 bits per heavy atom. The molecule has 1 heterocycles. The standard InChI is InChI=1S/C11H7BrF2N2/c12-10-3-7(5-16-11(10)15)6-1-8(13)4-9(14)2-6/h1-5H,(H2,15,16). The van der Waals surface area contributed by atoms with Gasteiger partial charge in [0.2, 0.25) is 0 Å². The molecule has 1 aromatic heterocycles. The Labute approximate surface area is 99.2 Å². The highest BCUT2D eigenvalue weighted by Gasteiger charge is 2.05. The van der Waals surface area contributed by atoms with E-state index < -0.39 is 11.6 Å². The highest BCUT2D eigenvalue weighted by Crippen LogP contribution is 2.26. The second-order valence-corrected chi connectivity index (χ2v) is 4.10. The molecule has 0 bridgehead atoms. The average Bonchev–Trinajstić information content (AvgIpc) is 2.20. The number of nitrogen functional groups attached to an aromatic ring is 1.